The molecule has 1 aliphatic carbocycles. The summed E-state index contributed by atoms with van der Waals surface area (Å²) in [7, 11) is 2.20. The predicted molar refractivity (Wildman–Crippen MR) is 77.7 cm³/mol. The first-order valence-electron chi connectivity index (χ1n) is 6.74. The van der Waals surface area contributed by atoms with Crippen LogP contribution in [0.15, 0.2) is 5.38 Å². The molecule has 0 aliphatic heterocycles. The normalized spacial score (nSPS) is 27.0. The van der Waals surface area contributed by atoms with Gasteiger partial charge in [-0.15, -0.1) is 11.3 Å². The lowest BCUT2D eigenvalue weighted by atomic mass is 9.73. The van der Waals surface area contributed by atoms with Gasteiger partial charge in [0.25, 0.3) is 0 Å². The molecule has 0 radical (unpaired) electrons. The topological polar surface area (TPSA) is 42.2 Å². The zero-order chi connectivity index (χ0) is 13.4. The van der Waals surface area contributed by atoms with Crippen LogP contribution in [0.3, 0.4) is 0 Å². The van der Waals surface area contributed by atoms with Gasteiger partial charge in [0.2, 0.25) is 0 Å². The van der Waals surface area contributed by atoms with Gasteiger partial charge in [-0.2, -0.15) is 0 Å². The average Bonchev–Trinajstić information content (AvgIpc) is 2.82. The molecule has 18 heavy (non-hydrogen) atoms. The van der Waals surface area contributed by atoms with Crippen LogP contribution >= 0.6 is 11.3 Å². The van der Waals surface area contributed by atoms with Gasteiger partial charge in [-0.1, -0.05) is 20.3 Å². The third kappa shape index (κ3) is 2.22. The maximum absolute atomic E-state index is 6.14. The molecule has 3 nitrogen and oxygen atoms in total. The number of hydrogen-bond donors (Lipinski definition) is 1. The second kappa shape index (κ2) is 4.91. The Morgan fingerprint density at radius 3 is 2.61 bits per heavy atom. The fourth-order valence-corrected chi connectivity index (χ4v) is 4.11. The lowest BCUT2D eigenvalue weighted by Gasteiger charge is -2.47. The van der Waals surface area contributed by atoms with E-state index in [-0.39, 0.29) is 5.54 Å². The minimum atomic E-state index is 0.129. The van der Waals surface area contributed by atoms with E-state index in [1.165, 1.54) is 25.0 Å². The second-order valence-corrected chi connectivity index (χ2v) is 7.25. The predicted octanol–water partition coefficient (Wildman–Crippen LogP) is 2.79. The van der Waals surface area contributed by atoms with Crippen molar-refractivity contribution in [1.82, 2.24) is 9.88 Å². The number of likely N-dealkylation sites (N-methyl/N-ethyl adjacent to an activating group) is 1. The molecule has 1 saturated carbocycles. The minimum absolute atomic E-state index is 0.129. The van der Waals surface area contributed by atoms with Crippen LogP contribution in [0.2, 0.25) is 0 Å². The first-order chi connectivity index (χ1) is 8.41. The number of nitrogens with two attached hydrogens (primary N) is 1. The molecule has 1 aromatic rings. The van der Waals surface area contributed by atoms with E-state index in [2.05, 4.69) is 43.1 Å². The van der Waals surface area contributed by atoms with Crippen LogP contribution in [-0.2, 0) is 6.54 Å². The van der Waals surface area contributed by atoms with Gasteiger partial charge in [-0.3, -0.25) is 4.90 Å². The van der Waals surface area contributed by atoms with Gasteiger partial charge in [-0.05, 0) is 32.2 Å². The van der Waals surface area contributed by atoms with E-state index in [1.807, 2.05) is 0 Å². The number of hydrogen-bond acceptors (Lipinski definition) is 4. The highest BCUT2D eigenvalue weighted by Crippen LogP contribution is 2.48. The van der Waals surface area contributed by atoms with Crippen molar-refractivity contribution in [2.24, 2.45) is 11.1 Å². The van der Waals surface area contributed by atoms with Crippen LogP contribution in [0.4, 0.5) is 0 Å². The maximum Gasteiger partial charge on any atom is 0.0897 e. The van der Waals surface area contributed by atoms with Gasteiger partial charge in [0, 0.05) is 24.0 Å². The summed E-state index contributed by atoms with van der Waals surface area (Å²) in [6.07, 6.45) is 3.76. The van der Waals surface area contributed by atoms with Gasteiger partial charge in [0.15, 0.2) is 0 Å². The third-order valence-electron chi connectivity index (χ3n) is 4.79. The molecule has 0 saturated heterocycles. The summed E-state index contributed by atoms with van der Waals surface area (Å²) in [4.78, 5) is 7.01. The molecule has 1 aliphatic rings. The number of aryl methyl sites for hydroxylation is 1. The van der Waals surface area contributed by atoms with E-state index >= 15 is 0 Å². The summed E-state index contributed by atoms with van der Waals surface area (Å²) in [6.45, 7) is 8.42. The summed E-state index contributed by atoms with van der Waals surface area (Å²) < 4.78 is 0. The minimum Gasteiger partial charge on any atom is -0.329 e. The van der Waals surface area contributed by atoms with Gasteiger partial charge in [-0.25, -0.2) is 4.98 Å². The molecule has 0 amide bonds. The van der Waals surface area contributed by atoms with Crippen molar-refractivity contribution in [3.63, 3.8) is 0 Å². The molecule has 1 heterocycles. The number of rotatable bonds is 4. The van der Waals surface area contributed by atoms with E-state index in [0.29, 0.717) is 5.41 Å². The average molecular weight is 267 g/mol. The Morgan fingerprint density at radius 2 is 2.17 bits per heavy atom. The standard InChI is InChI=1S/C14H25N3S/c1-11-16-12(9-18-11)8-17(4)14(10-15)7-5-6-13(14,2)3/h9H,5-8,10,15H2,1-4H3. The molecule has 4 heteroatoms. The zero-order valence-corrected chi connectivity index (χ0v) is 12.8. The van der Waals surface area contributed by atoms with Crippen LogP contribution in [0, 0.1) is 12.3 Å². The van der Waals surface area contributed by atoms with Crippen molar-refractivity contribution in [3.8, 4) is 0 Å². The fourth-order valence-electron chi connectivity index (χ4n) is 3.51. The molecule has 102 valence electrons. The molecular formula is C14H25N3S. The van der Waals surface area contributed by atoms with E-state index in [0.717, 1.165) is 18.1 Å². The fraction of sp³-hybridized carbons (Fsp3) is 0.786. The zero-order valence-electron chi connectivity index (χ0n) is 12.0. The summed E-state index contributed by atoms with van der Waals surface area (Å²) >= 11 is 1.73. The Morgan fingerprint density at radius 1 is 1.44 bits per heavy atom. The molecule has 2 rings (SSSR count). The van der Waals surface area contributed by atoms with Crippen molar-refractivity contribution in [2.75, 3.05) is 13.6 Å². The van der Waals surface area contributed by atoms with Crippen molar-refractivity contribution in [3.05, 3.63) is 16.1 Å². The first kappa shape index (κ1) is 14.0. The summed E-state index contributed by atoms with van der Waals surface area (Å²) in [5.74, 6) is 0. The summed E-state index contributed by atoms with van der Waals surface area (Å²) in [6, 6.07) is 0. The molecule has 0 aromatic carbocycles. The van der Waals surface area contributed by atoms with Crippen molar-refractivity contribution >= 4 is 11.3 Å². The van der Waals surface area contributed by atoms with Crippen molar-refractivity contribution in [2.45, 2.75) is 52.1 Å². The highest BCUT2D eigenvalue weighted by atomic mass is 32.1. The molecular weight excluding hydrogens is 242 g/mol. The van der Waals surface area contributed by atoms with Crippen molar-refractivity contribution < 1.29 is 0 Å². The van der Waals surface area contributed by atoms with E-state index < -0.39 is 0 Å². The molecule has 2 N–H and O–H groups in total. The van der Waals surface area contributed by atoms with E-state index in [9.17, 15) is 0 Å². The lowest BCUT2D eigenvalue weighted by Crippen LogP contribution is -2.58. The highest BCUT2D eigenvalue weighted by molar-refractivity contribution is 7.09. The smallest absolute Gasteiger partial charge is 0.0897 e. The molecule has 0 spiro atoms. The summed E-state index contributed by atoms with van der Waals surface area (Å²) in [5, 5.41) is 3.31. The lowest BCUT2D eigenvalue weighted by molar-refractivity contribution is 0.0269. The van der Waals surface area contributed by atoms with E-state index in [4.69, 9.17) is 5.73 Å². The molecule has 1 unspecified atom stereocenters. The monoisotopic (exact) mass is 267 g/mol. The Labute approximate surface area is 114 Å². The molecule has 1 aromatic heterocycles. The van der Waals surface area contributed by atoms with Gasteiger partial charge < -0.3 is 5.73 Å². The molecule has 1 fully saturated rings. The van der Waals surface area contributed by atoms with Crippen LogP contribution < -0.4 is 5.73 Å². The Hall–Kier alpha value is -0.450. The Bertz CT molecular complexity index is 413. The Kier molecular flexibility index (Phi) is 3.81. The highest BCUT2D eigenvalue weighted by Gasteiger charge is 2.50. The number of thiazole rings is 1. The largest absolute Gasteiger partial charge is 0.329 e. The SMILES string of the molecule is Cc1nc(CN(C)C2(CN)CCCC2(C)C)cs1. The third-order valence-corrected chi connectivity index (χ3v) is 5.61. The Balaban J connectivity index is 2.18. The number of aromatic nitrogens is 1. The van der Waals surface area contributed by atoms with Crippen LogP contribution in [0.25, 0.3) is 0 Å². The van der Waals surface area contributed by atoms with Crippen LogP contribution in [0.1, 0.15) is 43.8 Å². The number of nitrogens with zero attached hydrogens (tertiary/aromatic N) is 2. The van der Waals surface area contributed by atoms with Gasteiger partial charge >= 0.3 is 0 Å². The maximum atomic E-state index is 6.14. The van der Waals surface area contributed by atoms with E-state index in [1.54, 1.807) is 11.3 Å². The second-order valence-electron chi connectivity index (χ2n) is 6.19. The summed E-state index contributed by atoms with van der Waals surface area (Å²) in [5.41, 5.74) is 7.74. The molecule has 0 bridgehead atoms. The van der Waals surface area contributed by atoms with Crippen LogP contribution in [-0.4, -0.2) is 29.0 Å². The van der Waals surface area contributed by atoms with Crippen LogP contribution in [0.5, 0.6) is 0 Å². The quantitative estimate of drug-likeness (QED) is 0.912. The molecule has 1 atom stereocenters. The van der Waals surface area contributed by atoms with Gasteiger partial charge in [0.05, 0.1) is 10.7 Å². The first-order valence-corrected chi connectivity index (χ1v) is 7.61. The van der Waals surface area contributed by atoms with Gasteiger partial charge in [0.1, 0.15) is 0 Å². The van der Waals surface area contributed by atoms with Crippen molar-refractivity contribution in [1.29, 1.82) is 0 Å².